The Kier molecular flexibility index (Phi) is 2.59. The Morgan fingerprint density at radius 2 is 2.45 bits per heavy atom. The van der Waals surface area contributed by atoms with E-state index in [1.54, 1.807) is 6.20 Å². The van der Waals surface area contributed by atoms with E-state index in [9.17, 15) is 0 Å². The van der Waals surface area contributed by atoms with Crippen molar-refractivity contribution in [1.82, 2.24) is 9.97 Å². The number of rotatable bonds is 0. The normalized spacial score (nSPS) is 8.55. The molecule has 11 heavy (non-hydrogen) atoms. The van der Waals surface area contributed by atoms with Crippen molar-refractivity contribution in [3.8, 4) is 11.8 Å². The van der Waals surface area contributed by atoms with Gasteiger partial charge in [0.1, 0.15) is 18.6 Å². The molecule has 1 aromatic rings. The van der Waals surface area contributed by atoms with Crippen molar-refractivity contribution in [3.05, 3.63) is 23.8 Å². The van der Waals surface area contributed by atoms with Crippen LogP contribution in [0, 0.1) is 18.8 Å². The molecule has 3 nitrogen and oxygen atoms in total. The van der Waals surface area contributed by atoms with Crippen LogP contribution in [0.2, 0.25) is 0 Å². The van der Waals surface area contributed by atoms with Gasteiger partial charge in [-0.25, -0.2) is 9.97 Å². The molecule has 0 aliphatic carbocycles. The summed E-state index contributed by atoms with van der Waals surface area (Å²) >= 11 is 0. The summed E-state index contributed by atoms with van der Waals surface area (Å²) in [5, 5.41) is 8.40. The Bertz CT molecular complexity index is 298. The van der Waals surface area contributed by atoms with E-state index in [1.807, 2.05) is 6.92 Å². The summed E-state index contributed by atoms with van der Waals surface area (Å²) in [7, 11) is 0. The summed E-state index contributed by atoms with van der Waals surface area (Å²) in [6, 6.07) is 0. The van der Waals surface area contributed by atoms with E-state index in [2.05, 4.69) is 21.8 Å². The van der Waals surface area contributed by atoms with Crippen LogP contribution < -0.4 is 0 Å². The highest BCUT2D eigenvalue weighted by Crippen LogP contribution is 1.97. The maximum Gasteiger partial charge on any atom is 0.119 e. The van der Waals surface area contributed by atoms with E-state index in [0.29, 0.717) is 5.69 Å². The van der Waals surface area contributed by atoms with Crippen molar-refractivity contribution in [2.75, 3.05) is 6.61 Å². The van der Waals surface area contributed by atoms with Gasteiger partial charge in [0.25, 0.3) is 0 Å². The standard InChI is InChI=1S/C8H8N2O/c1-7-5-9-6-10-8(7)3-2-4-11/h5-6,11H,4H2,1H3. The number of aromatic nitrogens is 2. The van der Waals surface area contributed by atoms with Crippen molar-refractivity contribution < 1.29 is 5.11 Å². The fourth-order valence-electron chi connectivity index (χ4n) is 0.653. The Hall–Kier alpha value is -1.40. The minimum absolute atomic E-state index is 0.135. The van der Waals surface area contributed by atoms with Crippen LogP contribution in [0.15, 0.2) is 12.5 Å². The third-order valence-corrected chi connectivity index (χ3v) is 1.18. The maximum absolute atomic E-state index is 8.40. The van der Waals surface area contributed by atoms with Gasteiger partial charge in [-0.15, -0.1) is 0 Å². The molecule has 1 heterocycles. The van der Waals surface area contributed by atoms with Gasteiger partial charge in [-0.1, -0.05) is 5.92 Å². The first-order valence-corrected chi connectivity index (χ1v) is 3.21. The quantitative estimate of drug-likeness (QED) is 0.532. The summed E-state index contributed by atoms with van der Waals surface area (Å²) in [5.41, 5.74) is 1.60. The Morgan fingerprint density at radius 3 is 3.09 bits per heavy atom. The lowest BCUT2D eigenvalue weighted by atomic mass is 10.2. The van der Waals surface area contributed by atoms with Gasteiger partial charge in [0.05, 0.1) is 0 Å². The molecular weight excluding hydrogens is 140 g/mol. The Morgan fingerprint density at radius 1 is 1.64 bits per heavy atom. The van der Waals surface area contributed by atoms with Crippen molar-refractivity contribution >= 4 is 0 Å². The van der Waals surface area contributed by atoms with E-state index in [1.165, 1.54) is 6.33 Å². The lowest BCUT2D eigenvalue weighted by Crippen LogP contribution is -1.88. The first-order valence-electron chi connectivity index (χ1n) is 3.21. The van der Waals surface area contributed by atoms with Gasteiger partial charge in [-0.3, -0.25) is 0 Å². The van der Waals surface area contributed by atoms with Crippen molar-refractivity contribution in [1.29, 1.82) is 0 Å². The van der Waals surface area contributed by atoms with Crippen LogP contribution in [0.25, 0.3) is 0 Å². The van der Waals surface area contributed by atoms with Crippen LogP contribution in [0.1, 0.15) is 11.3 Å². The highest BCUT2D eigenvalue weighted by atomic mass is 16.2. The predicted octanol–water partition coefficient (Wildman–Crippen LogP) is 0.129. The number of aryl methyl sites for hydroxylation is 1. The van der Waals surface area contributed by atoms with E-state index < -0.39 is 0 Å². The molecule has 0 spiro atoms. The summed E-state index contributed by atoms with van der Waals surface area (Å²) in [4.78, 5) is 7.73. The molecule has 0 radical (unpaired) electrons. The largest absolute Gasteiger partial charge is 0.384 e. The second-order valence-corrected chi connectivity index (χ2v) is 2.01. The van der Waals surface area contributed by atoms with E-state index in [0.717, 1.165) is 5.56 Å². The second-order valence-electron chi connectivity index (χ2n) is 2.01. The summed E-state index contributed by atoms with van der Waals surface area (Å²) in [6.07, 6.45) is 3.13. The number of hydrogen-bond donors (Lipinski definition) is 1. The monoisotopic (exact) mass is 148 g/mol. The fourth-order valence-corrected chi connectivity index (χ4v) is 0.653. The minimum atomic E-state index is -0.135. The number of nitrogens with zero attached hydrogens (tertiary/aromatic N) is 2. The van der Waals surface area contributed by atoms with Gasteiger partial charge < -0.3 is 5.11 Å². The lowest BCUT2D eigenvalue weighted by Gasteiger charge is -1.91. The van der Waals surface area contributed by atoms with Crippen LogP contribution in [-0.4, -0.2) is 21.7 Å². The summed E-state index contributed by atoms with van der Waals surface area (Å²) < 4.78 is 0. The first kappa shape index (κ1) is 7.70. The molecule has 1 rings (SSSR count). The Labute approximate surface area is 65.1 Å². The summed E-state index contributed by atoms with van der Waals surface area (Å²) in [6.45, 7) is 1.74. The number of aliphatic hydroxyl groups excluding tert-OH is 1. The summed E-state index contributed by atoms with van der Waals surface area (Å²) in [5.74, 6) is 5.23. The molecule has 56 valence electrons. The first-order chi connectivity index (χ1) is 5.34. The highest BCUT2D eigenvalue weighted by molar-refractivity contribution is 5.32. The molecule has 0 aromatic carbocycles. The molecule has 1 N–H and O–H groups in total. The third-order valence-electron chi connectivity index (χ3n) is 1.18. The average Bonchev–Trinajstić information content (AvgIpc) is 2.03. The molecule has 1 aromatic heterocycles. The molecule has 0 saturated heterocycles. The highest BCUT2D eigenvalue weighted by Gasteiger charge is 1.91. The molecular formula is C8H8N2O. The van der Waals surface area contributed by atoms with Crippen molar-refractivity contribution in [2.24, 2.45) is 0 Å². The SMILES string of the molecule is Cc1cncnc1C#CCO. The molecule has 0 atom stereocenters. The Balaban J connectivity index is 2.95. The van der Waals surface area contributed by atoms with Gasteiger partial charge in [0, 0.05) is 11.8 Å². The topological polar surface area (TPSA) is 46.0 Å². The van der Waals surface area contributed by atoms with Gasteiger partial charge in [-0.2, -0.15) is 0 Å². The van der Waals surface area contributed by atoms with Gasteiger partial charge in [-0.05, 0) is 12.8 Å². The predicted molar refractivity (Wildman–Crippen MR) is 40.7 cm³/mol. The molecule has 0 fully saturated rings. The van der Waals surface area contributed by atoms with Crippen LogP contribution in [0.4, 0.5) is 0 Å². The minimum Gasteiger partial charge on any atom is -0.384 e. The zero-order chi connectivity index (χ0) is 8.10. The second kappa shape index (κ2) is 3.69. The molecule has 0 amide bonds. The molecule has 0 saturated carbocycles. The fraction of sp³-hybridized carbons (Fsp3) is 0.250. The van der Waals surface area contributed by atoms with Gasteiger partial charge in [0.2, 0.25) is 0 Å². The number of hydrogen-bond acceptors (Lipinski definition) is 3. The van der Waals surface area contributed by atoms with Crippen LogP contribution >= 0.6 is 0 Å². The maximum atomic E-state index is 8.40. The molecule has 0 unspecified atom stereocenters. The van der Waals surface area contributed by atoms with Gasteiger partial charge in [0.15, 0.2) is 0 Å². The zero-order valence-corrected chi connectivity index (χ0v) is 6.20. The van der Waals surface area contributed by atoms with E-state index in [-0.39, 0.29) is 6.61 Å². The van der Waals surface area contributed by atoms with E-state index >= 15 is 0 Å². The van der Waals surface area contributed by atoms with Crippen molar-refractivity contribution in [2.45, 2.75) is 6.92 Å². The smallest absolute Gasteiger partial charge is 0.119 e. The third kappa shape index (κ3) is 2.03. The lowest BCUT2D eigenvalue weighted by molar-refractivity contribution is 0.350. The molecule has 0 aliphatic heterocycles. The zero-order valence-electron chi connectivity index (χ0n) is 6.20. The van der Waals surface area contributed by atoms with Crippen LogP contribution in [-0.2, 0) is 0 Å². The molecule has 0 bridgehead atoms. The molecule has 3 heteroatoms. The average molecular weight is 148 g/mol. The number of aliphatic hydroxyl groups is 1. The van der Waals surface area contributed by atoms with Gasteiger partial charge >= 0.3 is 0 Å². The van der Waals surface area contributed by atoms with E-state index in [4.69, 9.17) is 5.11 Å². The van der Waals surface area contributed by atoms with Crippen LogP contribution in [0.5, 0.6) is 0 Å². The van der Waals surface area contributed by atoms with Crippen molar-refractivity contribution in [3.63, 3.8) is 0 Å². The molecule has 0 aliphatic rings. The van der Waals surface area contributed by atoms with Crippen LogP contribution in [0.3, 0.4) is 0 Å².